The van der Waals surface area contributed by atoms with Gasteiger partial charge in [-0.25, -0.2) is 0 Å². The minimum atomic E-state index is -0.152. The fraction of sp³-hybridized carbons (Fsp3) is 0.0500. The minimum absolute atomic E-state index is 0.152. The van der Waals surface area contributed by atoms with E-state index in [0.29, 0.717) is 23.6 Å². The lowest BCUT2D eigenvalue weighted by atomic mass is 10.1. The standard InChI is InChI=1S/C20H17NO2/c22-20(21-15-16-9-3-1-4-10-16)18-13-7-8-14-19(18)23-17-11-5-2-6-12-17/h1-14H,15H2,(H,21,22). The molecular weight excluding hydrogens is 286 g/mol. The van der Waals surface area contributed by atoms with Crippen LogP contribution >= 0.6 is 0 Å². The number of hydrogen-bond acceptors (Lipinski definition) is 2. The molecule has 3 heteroatoms. The van der Waals surface area contributed by atoms with E-state index in [0.717, 1.165) is 5.56 Å². The summed E-state index contributed by atoms with van der Waals surface area (Å²) in [4.78, 5) is 12.4. The highest BCUT2D eigenvalue weighted by atomic mass is 16.5. The van der Waals surface area contributed by atoms with Crippen molar-refractivity contribution in [2.75, 3.05) is 0 Å². The summed E-state index contributed by atoms with van der Waals surface area (Å²) >= 11 is 0. The first-order valence-electron chi connectivity index (χ1n) is 7.47. The third-order valence-electron chi connectivity index (χ3n) is 3.40. The Morgan fingerprint density at radius 2 is 1.39 bits per heavy atom. The molecule has 23 heavy (non-hydrogen) atoms. The lowest BCUT2D eigenvalue weighted by Crippen LogP contribution is -2.23. The fourth-order valence-electron chi connectivity index (χ4n) is 2.23. The Morgan fingerprint density at radius 3 is 2.13 bits per heavy atom. The van der Waals surface area contributed by atoms with E-state index in [2.05, 4.69) is 5.32 Å². The van der Waals surface area contributed by atoms with Crippen LogP contribution < -0.4 is 10.1 Å². The number of benzene rings is 3. The van der Waals surface area contributed by atoms with Gasteiger partial charge in [0.15, 0.2) is 0 Å². The molecule has 0 radical (unpaired) electrons. The Balaban J connectivity index is 1.73. The molecule has 0 aliphatic heterocycles. The molecule has 0 aliphatic rings. The minimum Gasteiger partial charge on any atom is -0.457 e. The monoisotopic (exact) mass is 303 g/mol. The van der Waals surface area contributed by atoms with Gasteiger partial charge in [-0.05, 0) is 29.8 Å². The molecule has 0 unspecified atom stereocenters. The smallest absolute Gasteiger partial charge is 0.255 e. The molecule has 114 valence electrons. The van der Waals surface area contributed by atoms with Crippen LogP contribution in [0, 0.1) is 0 Å². The number of para-hydroxylation sites is 2. The quantitative estimate of drug-likeness (QED) is 0.758. The SMILES string of the molecule is O=C(NCc1ccccc1)c1ccccc1Oc1ccccc1. The molecule has 3 aromatic carbocycles. The second-order valence-corrected chi connectivity index (χ2v) is 5.08. The molecule has 0 atom stereocenters. The second-order valence-electron chi connectivity index (χ2n) is 5.08. The van der Waals surface area contributed by atoms with Crippen molar-refractivity contribution in [2.24, 2.45) is 0 Å². The molecule has 0 aromatic heterocycles. The van der Waals surface area contributed by atoms with Crippen molar-refractivity contribution in [3.05, 3.63) is 96.1 Å². The van der Waals surface area contributed by atoms with Crippen molar-refractivity contribution in [1.29, 1.82) is 0 Å². The Bertz CT molecular complexity index is 770. The summed E-state index contributed by atoms with van der Waals surface area (Å²) in [5, 5.41) is 2.92. The number of hydrogen-bond donors (Lipinski definition) is 1. The van der Waals surface area contributed by atoms with Gasteiger partial charge in [-0.3, -0.25) is 4.79 Å². The molecule has 3 aromatic rings. The Labute approximate surface area is 135 Å². The highest BCUT2D eigenvalue weighted by molar-refractivity contribution is 5.96. The van der Waals surface area contributed by atoms with E-state index < -0.39 is 0 Å². The van der Waals surface area contributed by atoms with Crippen molar-refractivity contribution >= 4 is 5.91 Å². The molecule has 3 nitrogen and oxygen atoms in total. The molecule has 0 fully saturated rings. The molecule has 0 saturated carbocycles. The van der Waals surface area contributed by atoms with Crippen LogP contribution in [0.3, 0.4) is 0 Å². The van der Waals surface area contributed by atoms with Gasteiger partial charge in [0.25, 0.3) is 5.91 Å². The molecule has 0 bridgehead atoms. The lowest BCUT2D eigenvalue weighted by Gasteiger charge is -2.11. The summed E-state index contributed by atoms with van der Waals surface area (Å²) in [5.41, 5.74) is 1.58. The summed E-state index contributed by atoms with van der Waals surface area (Å²) < 4.78 is 5.82. The zero-order valence-electron chi connectivity index (χ0n) is 12.6. The maximum Gasteiger partial charge on any atom is 0.255 e. The molecule has 3 rings (SSSR count). The second kappa shape index (κ2) is 7.27. The predicted molar refractivity (Wildman–Crippen MR) is 90.6 cm³/mol. The maximum absolute atomic E-state index is 12.4. The van der Waals surface area contributed by atoms with Crippen LogP contribution in [0.25, 0.3) is 0 Å². The van der Waals surface area contributed by atoms with E-state index in [-0.39, 0.29) is 5.91 Å². The fourth-order valence-corrected chi connectivity index (χ4v) is 2.23. The summed E-state index contributed by atoms with van der Waals surface area (Å²) in [7, 11) is 0. The topological polar surface area (TPSA) is 38.3 Å². The van der Waals surface area contributed by atoms with Crippen molar-refractivity contribution in [3.63, 3.8) is 0 Å². The summed E-state index contributed by atoms with van der Waals surface area (Å²) in [6, 6.07) is 26.5. The third-order valence-corrected chi connectivity index (χ3v) is 3.40. The first kappa shape index (κ1) is 14.9. The number of rotatable bonds is 5. The third kappa shape index (κ3) is 3.98. The molecular formula is C20H17NO2. The van der Waals surface area contributed by atoms with Gasteiger partial charge in [-0.2, -0.15) is 0 Å². The van der Waals surface area contributed by atoms with E-state index in [1.54, 1.807) is 12.1 Å². The van der Waals surface area contributed by atoms with Gasteiger partial charge >= 0.3 is 0 Å². The number of carbonyl (C=O) groups is 1. The highest BCUT2D eigenvalue weighted by Crippen LogP contribution is 2.24. The van der Waals surface area contributed by atoms with Gasteiger partial charge in [0.1, 0.15) is 11.5 Å². The van der Waals surface area contributed by atoms with Gasteiger partial charge in [0, 0.05) is 6.54 Å². The molecule has 0 spiro atoms. The summed E-state index contributed by atoms with van der Waals surface area (Å²) in [6.07, 6.45) is 0. The molecule has 0 aliphatic carbocycles. The van der Waals surface area contributed by atoms with Crippen LogP contribution in [0.2, 0.25) is 0 Å². The lowest BCUT2D eigenvalue weighted by molar-refractivity contribution is 0.0948. The van der Waals surface area contributed by atoms with Gasteiger partial charge < -0.3 is 10.1 Å². The molecule has 1 amide bonds. The first-order valence-corrected chi connectivity index (χ1v) is 7.47. The summed E-state index contributed by atoms with van der Waals surface area (Å²) in [6.45, 7) is 0.485. The zero-order chi connectivity index (χ0) is 15.9. The van der Waals surface area contributed by atoms with E-state index >= 15 is 0 Å². The molecule has 0 heterocycles. The predicted octanol–water partition coefficient (Wildman–Crippen LogP) is 4.41. The maximum atomic E-state index is 12.4. The van der Waals surface area contributed by atoms with Crippen molar-refractivity contribution in [3.8, 4) is 11.5 Å². The number of amides is 1. The largest absolute Gasteiger partial charge is 0.457 e. The first-order chi connectivity index (χ1) is 11.3. The van der Waals surface area contributed by atoms with Gasteiger partial charge in [-0.15, -0.1) is 0 Å². The van der Waals surface area contributed by atoms with Crippen LogP contribution in [-0.2, 0) is 6.54 Å². The highest BCUT2D eigenvalue weighted by Gasteiger charge is 2.12. The summed E-state index contributed by atoms with van der Waals surface area (Å²) in [5.74, 6) is 1.10. The normalized spacial score (nSPS) is 10.1. The van der Waals surface area contributed by atoms with Crippen molar-refractivity contribution in [1.82, 2.24) is 5.32 Å². The van der Waals surface area contributed by atoms with Crippen LogP contribution in [0.1, 0.15) is 15.9 Å². The van der Waals surface area contributed by atoms with Crippen molar-refractivity contribution in [2.45, 2.75) is 6.54 Å². The van der Waals surface area contributed by atoms with Gasteiger partial charge in [0.2, 0.25) is 0 Å². The zero-order valence-corrected chi connectivity index (χ0v) is 12.6. The number of nitrogens with one attached hydrogen (secondary N) is 1. The Kier molecular flexibility index (Phi) is 4.69. The Morgan fingerprint density at radius 1 is 0.783 bits per heavy atom. The number of ether oxygens (including phenoxy) is 1. The van der Waals surface area contributed by atoms with Crippen LogP contribution in [0.4, 0.5) is 0 Å². The molecule has 1 N–H and O–H groups in total. The van der Waals surface area contributed by atoms with Gasteiger partial charge in [0.05, 0.1) is 5.56 Å². The van der Waals surface area contributed by atoms with E-state index in [1.807, 2.05) is 72.8 Å². The molecule has 0 saturated heterocycles. The average Bonchev–Trinajstić information content (AvgIpc) is 2.62. The van der Waals surface area contributed by atoms with Crippen molar-refractivity contribution < 1.29 is 9.53 Å². The average molecular weight is 303 g/mol. The Hall–Kier alpha value is -3.07. The number of carbonyl (C=O) groups excluding carboxylic acids is 1. The van der Waals surface area contributed by atoms with Crippen LogP contribution in [0.15, 0.2) is 84.9 Å². The van der Waals surface area contributed by atoms with E-state index in [1.165, 1.54) is 0 Å². The van der Waals surface area contributed by atoms with Crippen LogP contribution in [-0.4, -0.2) is 5.91 Å². The van der Waals surface area contributed by atoms with E-state index in [4.69, 9.17) is 4.74 Å². The van der Waals surface area contributed by atoms with Crippen LogP contribution in [0.5, 0.6) is 11.5 Å². The van der Waals surface area contributed by atoms with E-state index in [9.17, 15) is 4.79 Å². The van der Waals surface area contributed by atoms with Gasteiger partial charge in [-0.1, -0.05) is 60.7 Å².